The molecule has 1 aliphatic heterocycles. The first-order valence-electron chi connectivity index (χ1n) is 6.36. The van der Waals surface area contributed by atoms with Gasteiger partial charge in [0.2, 0.25) is 5.91 Å². The van der Waals surface area contributed by atoms with Crippen LogP contribution in [0.1, 0.15) is 25.8 Å². The summed E-state index contributed by atoms with van der Waals surface area (Å²) in [6, 6.07) is 3.53. The molecule has 2 rings (SSSR count). The number of benzene rings is 1. The van der Waals surface area contributed by atoms with E-state index in [1.807, 2.05) is 13.0 Å². The Hall–Kier alpha value is -1.40. The van der Waals surface area contributed by atoms with E-state index in [1.165, 1.54) is 6.92 Å². The Bertz CT molecular complexity index is 608. The molecule has 1 unspecified atom stereocenters. The number of halogens is 2. The normalized spacial score (nSPS) is 18.0. The molecule has 1 aliphatic rings. The summed E-state index contributed by atoms with van der Waals surface area (Å²) in [7, 11) is 0. The average Bonchev–Trinajstić information content (AvgIpc) is 2.37. The fourth-order valence-electron chi connectivity index (χ4n) is 2.02. The summed E-state index contributed by atoms with van der Waals surface area (Å²) in [5.74, 6) is 0.238. The summed E-state index contributed by atoms with van der Waals surface area (Å²) < 4.78 is 6.01. The third kappa shape index (κ3) is 3.83. The zero-order valence-electron chi connectivity index (χ0n) is 11.6. The summed E-state index contributed by atoms with van der Waals surface area (Å²) in [5.41, 5.74) is 4.03. The molecule has 1 atom stereocenters. The standard InChI is InChI=1S/C14H14BrClN2O3/c1-7-3-12(20)17-18-13(7)9-4-10(15)14(11(16)5-9)21-6-8(2)19/h4-5,7H,3,6H2,1-2H3,(H,17,20). The van der Waals surface area contributed by atoms with Crippen LogP contribution in [0.5, 0.6) is 5.75 Å². The summed E-state index contributed by atoms with van der Waals surface area (Å²) >= 11 is 9.59. The summed E-state index contributed by atoms with van der Waals surface area (Å²) in [4.78, 5) is 22.3. The van der Waals surface area contributed by atoms with Gasteiger partial charge in [-0.25, -0.2) is 5.43 Å². The Kier molecular flexibility index (Phi) is 5.00. The van der Waals surface area contributed by atoms with Gasteiger partial charge < -0.3 is 4.74 Å². The van der Waals surface area contributed by atoms with Gasteiger partial charge in [0, 0.05) is 17.9 Å². The second-order valence-corrected chi connectivity index (χ2v) is 6.16. The van der Waals surface area contributed by atoms with Gasteiger partial charge in [-0.1, -0.05) is 18.5 Å². The van der Waals surface area contributed by atoms with E-state index in [9.17, 15) is 9.59 Å². The maximum absolute atomic E-state index is 11.3. The van der Waals surface area contributed by atoms with Gasteiger partial charge in [-0.05, 0) is 35.0 Å². The average molecular weight is 374 g/mol. The summed E-state index contributed by atoms with van der Waals surface area (Å²) in [6.45, 7) is 3.34. The lowest BCUT2D eigenvalue weighted by Crippen LogP contribution is -2.32. The van der Waals surface area contributed by atoms with Gasteiger partial charge >= 0.3 is 0 Å². The number of hydrogen-bond donors (Lipinski definition) is 1. The van der Waals surface area contributed by atoms with Crippen molar-refractivity contribution in [3.8, 4) is 5.75 Å². The van der Waals surface area contributed by atoms with Gasteiger partial charge in [0.05, 0.1) is 15.2 Å². The number of ether oxygens (including phenoxy) is 1. The first-order valence-corrected chi connectivity index (χ1v) is 7.53. The third-order valence-electron chi connectivity index (χ3n) is 2.97. The molecule has 1 aromatic carbocycles. The second kappa shape index (κ2) is 6.58. The molecule has 0 aromatic heterocycles. The lowest BCUT2D eigenvalue weighted by Gasteiger charge is -2.20. The van der Waals surface area contributed by atoms with Crippen LogP contribution >= 0.6 is 27.5 Å². The van der Waals surface area contributed by atoms with Crippen molar-refractivity contribution in [3.05, 3.63) is 27.2 Å². The van der Waals surface area contributed by atoms with E-state index in [1.54, 1.807) is 6.07 Å². The first kappa shape index (κ1) is 16.0. The molecule has 1 N–H and O–H groups in total. The zero-order valence-corrected chi connectivity index (χ0v) is 13.9. The lowest BCUT2D eigenvalue weighted by atomic mass is 9.94. The number of rotatable bonds is 4. The van der Waals surface area contributed by atoms with Crippen molar-refractivity contribution in [2.45, 2.75) is 20.3 Å². The monoisotopic (exact) mass is 372 g/mol. The van der Waals surface area contributed by atoms with Gasteiger partial charge in [-0.3, -0.25) is 9.59 Å². The van der Waals surface area contributed by atoms with E-state index in [2.05, 4.69) is 26.5 Å². The first-order chi connectivity index (χ1) is 9.88. The van der Waals surface area contributed by atoms with Crippen molar-refractivity contribution in [2.75, 3.05) is 6.61 Å². The van der Waals surface area contributed by atoms with E-state index in [0.717, 1.165) is 11.3 Å². The number of carbonyl (C=O) groups excluding carboxylic acids is 2. The molecule has 7 heteroatoms. The summed E-state index contributed by atoms with van der Waals surface area (Å²) in [5, 5.41) is 4.47. The highest BCUT2D eigenvalue weighted by molar-refractivity contribution is 9.10. The molecule has 0 bridgehead atoms. The SMILES string of the molecule is CC(=O)COc1c(Cl)cc(C2=NNC(=O)CC2C)cc1Br. The van der Waals surface area contributed by atoms with E-state index in [4.69, 9.17) is 16.3 Å². The van der Waals surface area contributed by atoms with Gasteiger partial charge in [0.1, 0.15) is 6.61 Å². The van der Waals surface area contributed by atoms with Crippen LogP contribution in [0, 0.1) is 5.92 Å². The molecule has 1 amide bonds. The lowest BCUT2D eigenvalue weighted by molar-refractivity contribution is -0.122. The zero-order chi connectivity index (χ0) is 15.6. The molecule has 0 saturated carbocycles. The van der Waals surface area contributed by atoms with Gasteiger partial charge in [0.25, 0.3) is 0 Å². The maximum atomic E-state index is 11.3. The molecule has 21 heavy (non-hydrogen) atoms. The van der Waals surface area contributed by atoms with Crippen LogP contribution in [0.15, 0.2) is 21.7 Å². The molecule has 0 fully saturated rings. The molecule has 0 radical (unpaired) electrons. The molecule has 5 nitrogen and oxygen atoms in total. The minimum atomic E-state index is -0.0992. The fourth-order valence-corrected chi connectivity index (χ4v) is 2.98. The van der Waals surface area contributed by atoms with Crippen molar-refractivity contribution in [1.29, 1.82) is 0 Å². The van der Waals surface area contributed by atoms with Crippen molar-refractivity contribution in [3.63, 3.8) is 0 Å². The number of ketones is 1. The van der Waals surface area contributed by atoms with Crippen molar-refractivity contribution < 1.29 is 14.3 Å². The Morgan fingerprint density at radius 3 is 2.86 bits per heavy atom. The molecule has 0 saturated heterocycles. The minimum Gasteiger partial charge on any atom is -0.483 e. The van der Waals surface area contributed by atoms with Crippen molar-refractivity contribution in [2.24, 2.45) is 11.0 Å². The van der Waals surface area contributed by atoms with Crippen LogP contribution in [0.3, 0.4) is 0 Å². The highest BCUT2D eigenvalue weighted by atomic mass is 79.9. The molecule has 1 aromatic rings. The van der Waals surface area contributed by atoms with Crippen molar-refractivity contribution >= 4 is 44.9 Å². The molecular weight excluding hydrogens is 360 g/mol. The molecule has 1 heterocycles. The number of hydrazone groups is 1. The van der Waals surface area contributed by atoms with Crippen LogP contribution in [0.25, 0.3) is 0 Å². The number of nitrogens with zero attached hydrogens (tertiary/aromatic N) is 1. The fraction of sp³-hybridized carbons (Fsp3) is 0.357. The highest BCUT2D eigenvalue weighted by Gasteiger charge is 2.23. The van der Waals surface area contributed by atoms with E-state index >= 15 is 0 Å². The number of carbonyl (C=O) groups is 2. The Morgan fingerprint density at radius 2 is 2.29 bits per heavy atom. The number of amides is 1. The van der Waals surface area contributed by atoms with Gasteiger partial charge in [-0.15, -0.1) is 0 Å². The number of nitrogens with one attached hydrogen (secondary N) is 1. The predicted molar refractivity (Wildman–Crippen MR) is 83.8 cm³/mol. The molecular formula is C14H14BrClN2O3. The maximum Gasteiger partial charge on any atom is 0.240 e. The van der Waals surface area contributed by atoms with Crippen molar-refractivity contribution in [1.82, 2.24) is 5.43 Å². The Labute approximate surface area is 135 Å². The second-order valence-electron chi connectivity index (χ2n) is 4.90. The van der Waals surface area contributed by atoms with E-state index in [0.29, 0.717) is 21.7 Å². The Morgan fingerprint density at radius 1 is 1.57 bits per heavy atom. The molecule has 112 valence electrons. The minimum absolute atomic E-state index is 0.00528. The van der Waals surface area contributed by atoms with Crippen LogP contribution in [0.2, 0.25) is 5.02 Å². The largest absolute Gasteiger partial charge is 0.483 e. The van der Waals surface area contributed by atoms with Gasteiger partial charge in [-0.2, -0.15) is 5.10 Å². The van der Waals surface area contributed by atoms with E-state index < -0.39 is 0 Å². The number of hydrogen-bond acceptors (Lipinski definition) is 4. The van der Waals surface area contributed by atoms with Crippen LogP contribution in [-0.2, 0) is 9.59 Å². The van der Waals surface area contributed by atoms with E-state index in [-0.39, 0.29) is 24.2 Å². The van der Waals surface area contributed by atoms with Crippen LogP contribution in [-0.4, -0.2) is 24.0 Å². The topological polar surface area (TPSA) is 67.8 Å². The third-order valence-corrected chi connectivity index (χ3v) is 3.84. The number of Topliss-reactive ketones (excluding diaryl/α,β-unsaturated/α-hetero) is 1. The highest BCUT2D eigenvalue weighted by Crippen LogP contribution is 2.35. The quantitative estimate of drug-likeness (QED) is 0.882. The summed E-state index contributed by atoms with van der Waals surface area (Å²) in [6.07, 6.45) is 0.386. The smallest absolute Gasteiger partial charge is 0.240 e. The van der Waals surface area contributed by atoms with Crippen LogP contribution < -0.4 is 10.2 Å². The Balaban J connectivity index is 2.31. The van der Waals surface area contributed by atoms with Crippen LogP contribution in [0.4, 0.5) is 0 Å². The van der Waals surface area contributed by atoms with Gasteiger partial charge in [0.15, 0.2) is 11.5 Å². The predicted octanol–water partition coefficient (Wildman–Crippen LogP) is 2.93. The molecule has 0 aliphatic carbocycles. The molecule has 0 spiro atoms.